The van der Waals surface area contributed by atoms with Gasteiger partial charge in [-0.2, -0.15) is 5.26 Å². The number of fused-ring (bicyclic) bond motifs is 10. The van der Waals surface area contributed by atoms with E-state index in [4.69, 9.17) is 21.0 Å². The van der Waals surface area contributed by atoms with Crippen molar-refractivity contribution in [2.45, 2.75) is 0 Å². The van der Waals surface area contributed by atoms with E-state index in [0.29, 0.717) is 39.7 Å². The number of nitriles is 1. The van der Waals surface area contributed by atoms with Crippen LogP contribution < -0.4 is 0 Å². The summed E-state index contributed by atoms with van der Waals surface area (Å²) >= 11 is 1.76. The molecule has 0 unspecified atom stereocenters. The van der Waals surface area contributed by atoms with Crippen LogP contribution in [0, 0.1) is 17.9 Å². The van der Waals surface area contributed by atoms with E-state index in [0.717, 1.165) is 60.3 Å². The zero-order valence-corrected chi connectivity index (χ0v) is 29.8. The lowest BCUT2D eigenvalue weighted by Crippen LogP contribution is -2.01. The highest BCUT2D eigenvalue weighted by atomic mass is 32.1. The Kier molecular flexibility index (Phi) is 6.75. The lowest BCUT2D eigenvalue weighted by molar-refractivity contribution is 0.671. The topological polar surface area (TPSA) is 72.0 Å². The van der Waals surface area contributed by atoms with Crippen molar-refractivity contribution in [2.24, 2.45) is 0 Å². The van der Waals surface area contributed by atoms with Crippen molar-refractivity contribution in [3.05, 3.63) is 169 Å². The number of benzene rings is 7. The summed E-state index contributed by atoms with van der Waals surface area (Å²) in [6.07, 6.45) is 0. The summed E-state index contributed by atoms with van der Waals surface area (Å²) < 4.78 is 11.1. The van der Waals surface area contributed by atoms with Crippen LogP contribution in [0.4, 0.5) is 5.69 Å². The summed E-state index contributed by atoms with van der Waals surface area (Å²) in [5.41, 5.74) is 8.26. The second kappa shape index (κ2) is 12.0. The van der Waals surface area contributed by atoms with Crippen LogP contribution in [0.3, 0.4) is 0 Å². The van der Waals surface area contributed by atoms with E-state index in [1.54, 1.807) is 11.3 Å². The molecule has 55 heavy (non-hydrogen) atoms. The molecule has 0 amide bonds. The maximum Gasteiger partial charge on any atom is 0.211 e. The van der Waals surface area contributed by atoms with Gasteiger partial charge in [0.25, 0.3) is 0 Å². The summed E-state index contributed by atoms with van der Waals surface area (Å²) in [7, 11) is 0. The summed E-state index contributed by atoms with van der Waals surface area (Å²) in [6, 6.07) is 53.2. The van der Waals surface area contributed by atoms with Crippen molar-refractivity contribution >= 4 is 80.9 Å². The highest BCUT2D eigenvalue weighted by Gasteiger charge is 2.23. The predicted molar refractivity (Wildman–Crippen MR) is 224 cm³/mol. The molecule has 0 saturated carbocycles. The first-order valence-corrected chi connectivity index (χ1v) is 18.6. The molecule has 0 N–H and O–H groups in total. The van der Waals surface area contributed by atoms with Crippen LogP contribution in [0.5, 0.6) is 0 Å². The number of hydrogen-bond donors (Lipinski definition) is 0. The van der Waals surface area contributed by atoms with Gasteiger partial charge in [-0.05, 0) is 60.2 Å². The van der Waals surface area contributed by atoms with Crippen LogP contribution in [0.1, 0.15) is 5.56 Å². The van der Waals surface area contributed by atoms with Gasteiger partial charge in [0.2, 0.25) is 5.69 Å². The highest BCUT2D eigenvalue weighted by Crippen LogP contribution is 2.43. The minimum Gasteiger partial charge on any atom is -0.454 e. The molecule has 0 aliphatic heterocycles. The minimum atomic E-state index is 0.349. The number of aromatic nitrogens is 3. The number of nitrogens with zero attached hydrogens (tertiary/aromatic N) is 5. The Morgan fingerprint density at radius 3 is 2.13 bits per heavy atom. The third kappa shape index (κ3) is 4.65. The molecule has 0 spiro atoms. The average Bonchev–Trinajstić information content (AvgIpc) is 3.92. The van der Waals surface area contributed by atoms with Gasteiger partial charge < -0.3 is 8.98 Å². The lowest BCUT2D eigenvalue weighted by Gasteiger charge is -2.15. The van der Waals surface area contributed by atoms with E-state index < -0.39 is 0 Å². The molecule has 6 nitrogen and oxygen atoms in total. The highest BCUT2D eigenvalue weighted by molar-refractivity contribution is 7.25. The van der Waals surface area contributed by atoms with Gasteiger partial charge in [0, 0.05) is 52.8 Å². The Morgan fingerprint density at radius 2 is 1.29 bits per heavy atom. The maximum atomic E-state index is 10.7. The quantitative estimate of drug-likeness (QED) is 0.170. The van der Waals surface area contributed by atoms with E-state index in [2.05, 4.69) is 82.2 Å². The van der Waals surface area contributed by atoms with Crippen LogP contribution in [0.2, 0.25) is 0 Å². The van der Waals surface area contributed by atoms with Crippen LogP contribution in [-0.4, -0.2) is 14.5 Å². The molecule has 7 heteroatoms. The van der Waals surface area contributed by atoms with Gasteiger partial charge in [0.15, 0.2) is 11.4 Å². The predicted octanol–water partition coefficient (Wildman–Crippen LogP) is 13.3. The average molecular weight is 720 g/mol. The van der Waals surface area contributed by atoms with Gasteiger partial charge in [-0.1, -0.05) is 97.1 Å². The fraction of sp³-hybridized carbons (Fsp3) is 0. The van der Waals surface area contributed by atoms with Gasteiger partial charge in [0.1, 0.15) is 17.2 Å². The number of para-hydroxylation sites is 2. The van der Waals surface area contributed by atoms with Crippen LogP contribution >= 0.6 is 11.3 Å². The first-order chi connectivity index (χ1) is 27.2. The van der Waals surface area contributed by atoms with Gasteiger partial charge in [-0.15, -0.1) is 11.3 Å². The van der Waals surface area contributed by atoms with E-state index >= 15 is 0 Å². The number of hydrogen-bond acceptors (Lipinski definition) is 5. The molecule has 11 rings (SSSR count). The van der Waals surface area contributed by atoms with E-state index in [-0.39, 0.29) is 0 Å². The number of rotatable bonds is 4. The van der Waals surface area contributed by atoms with E-state index in [1.165, 1.54) is 14.8 Å². The molecule has 4 heterocycles. The molecule has 0 aliphatic carbocycles. The fourth-order valence-electron chi connectivity index (χ4n) is 8.01. The molecular weight excluding hydrogens is 695 g/mol. The summed E-state index contributed by atoms with van der Waals surface area (Å²) in [6.45, 7) is 8.48. The molecule has 0 aliphatic rings. The first-order valence-electron chi connectivity index (χ1n) is 17.8. The zero-order valence-electron chi connectivity index (χ0n) is 29.0. The Balaban J connectivity index is 1.16. The zero-order chi connectivity index (χ0) is 36.6. The normalized spacial score (nSPS) is 11.6. The van der Waals surface area contributed by atoms with Crippen molar-refractivity contribution in [3.63, 3.8) is 0 Å². The molecule has 7 aromatic carbocycles. The largest absolute Gasteiger partial charge is 0.454 e. The van der Waals surface area contributed by atoms with Crippen LogP contribution in [0.15, 0.2) is 156 Å². The monoisotopic (exact) mass is 719 g/mol. The van der Waals surface area contributed by atoms with Gasteiger partial charge in [0.05, 0.1) is 34.7 Å². The Bertz CT molecular complexity index is 3470. The molecule has 254 valence electrons. The third-order valence-electron chi connectivity index (χ3n) is 10.5. The molecule has 0 radical (unpaired) electrons. The van der Waals surface area contributed by atoms with Crippen molar-refractivity contribution in [1.82, 2.24) is 14.5 Å². The molecule has 11 aromatic rings. The summed E-state index contributed by atoms with van der Waals surface area (Å²) in [5, 5.41) is 17.2. The van der Waals surface area contributed by atoms with Crippen molar-refractivity contribution in [2.75, 3.05) is 0 Å². The molecule has 0 bridgehead atoms. The Hall–Kier alpha value is -7.58. The standard InChI is InChI=1S/C48H25N5OS/c1-50-38-26-29(19-23-40(38)53-39-16-8-5-13-31(39)34-21-22-35-32-14-6-9-17-41(32)54-47(35)46(34)53)45-37(27-49)44(28-11-3-2-4-12-28)51-48(52-45)30-20-24-43-36(25-30)33-15-7-10-18-42(33)55-43/h2-26H. The van der Waals surface area contributed by atoms with Crippen molar-refractivity contribution < 1.29 is 4.42 Å². The van der Waals surface area contributed by atoms with Crippen LogP contribution in [-0.2, 0) is 0 Å². The lowest BCUT2D eigenvalue weighted by atomic mass is 9.99. The fourth-order valence-corrected chi connectivity index (χ4v) is 9.09. The molecular formula is C48H25N5OS. The second-order valence-corrected chi connectivity index (χ2v) is 14.6. The molecule has 0 atom stereocenters. The summed E-state index contributed by atoms with van der Waals surface area (Å²) in [5.74, 6) is 0.508. The number of furan rings is 1. The first kappa shape index (κ1) is 31.0. The van der Waals surface area contributed by atoms with Crippen LogP contribution in [0.25, 0.3) is 108 Å². The summed E-state index contributed by atoms with van der Waals surface area (Å²) in [4.78, 5) is 14.3. The van der Waals surface area contributed by atoms with Gasteiger partial charge in [-0.3, -0.25) is 0 Å². The Labute approximate surface area is 318 Å². The van der Waals surface area contributed by atoms with Crippen molar-refractivity contribution in [3.8, 4) is 45.7 Å². The third-order valence-corrected chi connectivity index (χ3v) is 11.6. The smallest absolute Gasteiger partial charge is 0.211 e. The number of thiophene rings is 1. The van der Waals surface area contributed by atoms with Gasteiger partial charge >= 0.3 is 0 Å². The SMILES string of the molecule is [C-]#[N+]c1cc(-c2nc(-c3ccc4sc5ccccc5c4c3)nc(-c3ccccc3)c2C#N)ccc1-n1c2ccccc2c2ccc3c4ccccc4oc3c21. The van der Waals surface area contributed by atoms with Gasteiger partial charge in [-0.25, -0.2) is 14.8 Å². The molecule has 0 fully saturated rings. The van der Waals surface area contributed by atoms with E-state index in [1.807, 2.05) is 84.9 Å². The van der Waals surface area contributed by atoms with E-state index in [9.17, 15) is 5.26 Å². The maximum absolute atomic E-state index is 10.7. The second-order valence-electron chi connectivity index (χ2n) is 13.5. The molecule has 4 aromatic heterocycles. The minimum absolute atomic E-state index is 0.349. The van der Waals surface area contributed by atoms with Crippen molar-refractivity contribution in [1.29, 1.82) is 5.26 Å². The molecule has 0 saturated heterocycles. The Morgan fingerprint density at radius 1 is 0.600 bits per heavy atom.